The minimum Gasteiger partial charge on any atom is -0.379 e. The fourth-order valence-electron chi connectivity index (χ4n) is 1.99. The predicted octanol–water partition coefficient (Wildman–Crippen LogP) is 0.0514. The second-order valence-corrected chi connectivity index (χ2v) is 4.60. The summed E-state index contributed by atoms with van der Waals surface area (Å²) < 4.78 is 5.34. The van der Waals surface area contributed by atoms with Gasteiger partial charge in [-0.2, -0.15) is 5.10 Å². The third-order valence-corrected chi connectivity index (χ3v) is 3.21. The lowest BCUT2D eigenvalue weighted by Crippen LogP contribution is -2.41. The van der Waals surface area contributed by atoms with Gasteiger partial charge in [0.1, 0.15) is 0 Å². The summed E-state index contributed by atoms with van der Waals surface area (Å²) in [5.74, 6) is -0.103. The Bertz CT molecular complexity index is 465. The molecular formula is C12H19N5O2. The zero-order valence-electron chi connectivity index (χ0n) is 11.4. The van der Waals surface area contributed by atoms with E-state index in [1.54, 1.807) is 0 Å². The molecule has 1 aromatic rings. The van der Waals surface area contributed by atoms with E-state index in [0.29, 0.717) is 13.2 Å². The van der Waals surface area contributed by atoms with Gasteiger partial charge in [0.15, 0.2) is 0 Å². The van der Waals surface area contributed by atoms with E-state index in [9.17, 15) is 4.79 Å². The van der Waals surface area contributed by atoms with Gasteiger partial charge in [-0.25, -0.2) is 4.98 Å². The molecule has 19 heavy (non-hydrogen) atoms. The van der Waals surface area contributed by atoms with Crippen LogP contribution in [0.1, 0.15) is 18.3 Å². The first-order valence-electron chi connectivity index (χ1n) is 6.41. The van der Waals surface area contributed by atoms with Crippen LogP contribution in [-0.2, 0) is 9.53 Å². The number of nitrogens with zero attached hydrogens (tertiary/aromatic N) is 3. The van der Waals surface area contributed by atoms with Crippen LogP contribution in [0.4, 0.5) is 5.95 Å². The number of nitrogens with one attached hydrogen (secondary N) is 2. The molecular weight excluding hydrogens is 246 g/mol. The number of hydrogen-bond donors (Lipinski definition) is 2. The van der Waals surface area contributed by atoms with Crippen LogP contribution in [0.15, 0.2) is 0 Å². The lowest BCUT2D eigenvalue weighted by Gasteiger charge is -2.17. The van der Waals surface area contributed by atoms with Crippen molar-refractivity contribution in [1.29, 1.82) is 0 Å². The number of carbonyl (C=O) groups excluding carboxylic acids is 1. The first-order valence-corrected chi connectivity index (χ1v) is 6.41. The third-order valence-electron chi connectivity index (χ3n) is 3.21. The number of rotatable bonds is 4. The second kappa shape index (κ2) is 6.03. The van der Waals surface area contributed by atoms with Crippen LogP contribution in [0.2, 0.25) is 0 Å². The van der Waals surface area contributed by atoms with Gasteiger partial charge in [-0.1, -0.05) is 6.92 Å². The second-order valence-electron chi connectivity index (χ2n) is 4.60. The molecule has 1 aromatic heterocycles. The molecule has 1 aliphatic rings. The fourth-order valence-corrected chi connectivity index (χ4v) is 1.99. The van der Waals surface area contributed by atoms with Gasteiger partial charge in [-0.05, 0) is 20.4 Å². The SMILES string of the molecule is CCNC1COCC1C(=O)Nc1nnc(C)c(C)n1. The maximum atomic E-state index is 12.2. The minimum atomic E-state index is -0.217. The minimum absolute atomic E-state index is 0.0458. The molecule has 0 aromatic carbocycles. The van der Waals surface area contributed by atoms with Gasteiger partial charge < -0.3 is 10.1 Å². The van der Waals surface area contributed by atoms with Gasteiger partial charge in [0.05, 0.1) is 30.5 Å². The van der Waals surface area contributed by atoms with E-state index >= 15 is 0 Å². The zero-order valence-corrected chi connectivity index (χ0v) is 11.4. The molecule has 7 heteroatoms. The first-order chi connectivity index (χ1) is 9.11. The fraction of sp³-hybridized carbons (Fsp3) is 0.667. The van der Waals surface area contributed by atoms with Crippen molar-refractivity contribution in [3.63, 3.8) is 0 Å². The van der Waals surface area contributed by atoms with Crippen molar-refractivity contribution in [2.45, 2.75) is 26.8 Å². The summed E-state index contributed by atoms with van der Waals surface area (Å²) >= 11 is 0. The number of carbonyl (C=O) groups is 1. The van der Waals surface area contributed by atoms with Gasteiger partial charge in [0.2, 0.25) is 11.9 Å². The molecule has 1 aliphatic heterocycles. The number of hydrogen-bond acceptors (Lipinski definition) is 6. The highest BCUT2D eigenvalue weighted by Crippen LogP contribution is 2.15. The Labute approximate surface area is 112 Å². The molecule has 7 nitrogen and oxygen atoms in total. The van der Waals surface area contributed by atoms with E-state index in [0.717, 1.165) is 17.9 Å². The van der Waals surface area contributed by atoms with Gasteiger partial charge in [0, 0.05) is 6.04 Å². The van der Waals surface area contributed by atoms with E-state index in [-0.39, 0.29) is 23.8 Å². The van der Waals surface area contributed by atoms with Crippen LogP contribution in [0, 0.1) is 19.8 Å². The normalized spacial score (nSPS) is 22.5. The molecule has 2 unspecified atom stereocenters. The molecule has 0 saturated carbocycles. The summed E-state index contributed by atoms with van der Waals surface area (Å²) in [7, 11) is 0. The van der Waals surface area contributed by atoms with E-state index in [4.69, 9.17) is 4.74 Å². The maximum Gasteiger partial charge on any atom is 0.249 e. The summed E-state index contributed by atoms with van der Waals surface area (Å²) in [6.07, 6.45) is 0. The standard InChI is InChI=1S/C12H19N5O2/c1-4-13-10-6-19-5-9(10)11(18)15-12-14-7(2)8(3)16-17-12/h9-10,13H,4-6H2,1-3H3,(H,14,15,17,18). The molecule has 2 heterocycles. The third kappa shape index (κ3) is 3.24. The molecule has 0 radical (unpaired) electrons. The van der Waals surface area contributed by atoms with Crippen LogP contribution in [0.5, 0.6) is 0 Å². The van der Waals surface area contributed by atoms with Crippen molar-refractivity contribution in [3.8, 4) is 0 Å². The van der Waals surface area contributed by atoms with Crippen LogP contribution in [0.3, 0.4) is 0 Å². The largest absolute Gasteiger partial charge is 0.379 e. The topological polar surface area (TPSA) is 89.0 Å². The Morgan fingerprint density at radius 1 is 1.32 bits per heavy atom. The molecule has 2 atom stereocenters. The quantitative estimate of drug-likeness (QED) is 0.799. The highest BCUT2D eigenvalue weighted by molar-refractivity contribution is 5.91. The summed E-state index contributed by atoms with van der Waals surface area (Å²) in [6.45, 7) is 7.44. The molecule has 104 valence electrons. The number of aromatic nitrogens is 3. The number of ether oxygens (including phenoxy) is 1. The molecule has 0 bridgehead atoms. The van der Waals surface area contributed by atoms with Crippen molar-refractivity contribution in [2.75, 3.05) is 25.1 Å². The average molecular weight is 265 g/mol. The smallest absolute Gasteiger partial charge is 0.249 e. The van der Waals surface area contributed by atoms with E-state index in [1.165, 1.54) is 0 Å². The zero-order chi connectivity index (χ0) is 13.8. The van der Waals surface area contributed by atoms with Crippen molar-refractivity contribution in [1.82, 2.24) is 20.5 Å². The van der Waals surface area contributed by atoms with Crippen molar-refractivity contribution < 1.29 is 9.53 Å². The first kappa shape index (κ1) is 13.8. The van der Waals surface area contributed by atoms with Crippen LogP contribution in [-0.4, -0.2) is 46.9 Å². The molecule has 2 N–H and O–H groups in total. The van der Waals surface area contributed by atoms with Gasteiger partial charge in [-0.15, -0.1) is 5.10 Å². The summed E-state index contributed by atoms with van der Waals surface area (Å²) in [5.41, 5.74) is 1.52. The Morgan fingerprint density at radius 2 is 2.11 bits per heavy atom. The summed E-state index contributed by atoms with van der Waals surface area (Å²) in [6, 6.07) is 0.0458. The Morgan fingerprint density at radius 3 is 2.79 bits per heavy atom. The Balaban J connectivity index is 2.02. The van der Waals surface area contributed by atoms with E-state index < -0.39 is 0 Å². The van der Waals surface area contributed by atoms with Crippen LogP contribution in [0.25, 0.3) is 0 Å². The highest BCUT2D eigenvalue weighted by Gasteiger charge is 2.33. The van der Waals surface area contributed by atoms with Crippen molar-refractivity contribution in [3.05, 3.63) is 11.4 Å². The number of anilines is 1. The molecule has 1 amide bonds. The summed E-state index contributed by atoms with van der Waals surface area (Å²) in [5, 5.41) is 13.7. The lowest BCUT2D eigenvalue weighted by molar-refractivity contribution is -0.120. The van der Waals surface area contributed by atoms with Gasteiger partial charge in [0.25, 0.3) is 0 Å². The van der Waals surface area contributed by atoms with Gasteiger partial charge in [-0.3, -0.25) is 10.1 Å². The van der Waals surface area contributed by atoms with E-state index in [1.807, 2.05) is 20.8 Å². The predicted molar refractivity (Wildman–Crippen MR) is 69.7 cm³/mol. The molecule has 2 rings (SSSR count). The summed E-state index contributed by atoms with van der Waals surface area (Å²) in [4.78, 5) is 16.3. The average Bonchev–Trinajstić information content (AvgIpc) is 2.83. The Kier molecular flexibility index (Phi) is 4.39. The van der Waals surface area contributed by atoms with Crippen LogP contribution >= 0.6 is 0 Å². The molecule has 0 aliphatic carbocycles. The Hall–Kier alpha value is -1.60. The van der Waals surface area contributed by atoms with Crippen LogP contribution < -0.4 is 10.6 Å². The molecule has 0 spiro atoms. The molecule has 1 saturated heterocycles. The molecule has 1 fully saturated rings. The lowest BCUT2D eigenvalue weighted by atomic mass is 10.0. The monoisotopic (exact) mass is 265 g/mol. The number of likely N-dealkylation sites (N-methyl/N-ethyl adjacent to an activating group) is 1. The number of aryl methyl sites for hydroxylation is 2. The van der Waals surface area contributed by atoms with Gasteiger partial charge >= 0.3 is 0 Å². The van der Waals surface area contributed by atoms with Crippen molar-refractivity contribution in [2.24, 2.45) is 5.92 Å². The maximum absolute atomic E-state index is 12.2. The number of amides is 1. The van der Waals surface area contributed by atoms with E-state index in [2.05, 4.69) is 25.8 Å². The highest BCUT2D eigenvalue weighted by atomic mass is 16.5. The van der Waals surface area contributed by atoms with Crippen molar-refractivity contribution >= 4 is 11.9 Å².